The molecule has 0 atom stereocenters. The Morgan fingerprint density at radius 1 is 0.345 bits per heavy atom. The number of nitrogens with zero attached hydrogens (tertiary/aromatic N) is 3. The van der Waals surface area contributed by atoms with Gasteiger partial charge in [-0.15, -0.1) is 0 Å². The van der Waals surface area contributed by atoms with E-state index in [1.807, 2.05) is 6.07 Å². The summed E-state index contributed by atoms with van der Waals surface area (Å²) in [5.74, 6) is 0. The van der Waals surface area contributed by atoms with Gasteiger partial charge in [0.1, 0.15) is 5.58 Å². The Morgan fingerprint density at radius 3 is 1.64 bits per heavy atom. The first-order valence-corrected chi connectivity index (χ1v) is 19.8. The Bertz CT molecular complexity index is 3500. The van der Waals surface area contributed by atoms with E-state index in [1.54, 1.807) is 0 Å². The summed E-state index contributed by atoms with van der Waals surface area (Å²) in [6.07, 6.45) is 0. The van der Waals surface area contributed by atoms with Crippen LogP contribution < -0.4 is 4.90 Å². The minimum absolute atomic E-state index is 0.857. The molecule has 0 aliphatic heterocycles. The first-order chi connectivity index (χ1) is 28.8. The molecule has 3 heterocycles. The van der Waals surface area contributed by atoms with Gasteiger partial charge in [-0.1, -0.05) is 133 Å². The lowest BCUT2D eigenvalue weighted by Crippen LogP contribution is -2.10. The van der Waals surface area contributed by atoms with Crippen LogP contribution in [-0.4, -0.2) is 9.13 Å². The van der Waals surface area contributed by atoms with Crippen LogP contribution in [0.4, 0.5) is 17.1 Å². The highest BCUT2D eigenvalue weighted by atomic mass is 16.3. The van der Waals surface area contributed by atoms with Gasteiger partial charge in [0.15, 0.2) is 5.58 Å². The molecule has 0 aliphatic rings. The minimum Gasteiger partial charge on any atom is -0.454 e. The van der Waals surface area contributed by atoms with Gasteiger partial charge >= 0.3 is 0 Å². The number of aromatic nitrogens is 2. The molecule has 272 valence electrons. The number of anilines is 3. The minimum atomic E-state index is 0.857. The molecule has 12 rings (SSSR count). The maximum atomic E-state index is 6.74. The van der Waals surface area contributed by atoms with E-state index in [4.69, 9.17) is 4.42 Å². The van der Waals surface area contributed by atoms with Crippen LogP contribution in [0.1, 0.15) is 0 Å². The highest BCUT2D eigenvalue weighted by Gasteiger charge is 2.24. The Kier molecular flexibility index (Phi) is 7.20. The molecule has 0 aliphatic carbocycles. The van der Waals surface area contributed by atoms with Crippen molar-refractivity contribution in [3.8, 4) is 22.5 Å². The number of para-hydroxylation sites is 6. The van der Waals surface area contributed by atoms with Gasteiger partial charge in [-0.2, -0.15) is 0 Å². The molecule has 3 aromatic heterocycles. The molecule has 58 heavy (non-hydrogen) atoms. The molecule has 0 N–H and O–H groups in total. The van der Waals surface area contributed by atoms with E-state index in [2.05, 4.69) is 220 Å². The van der Waals surface area contributed by atoms with Crippen LogP contribution in [0, 0.1) is 0 Å². The second-order valence-electron chi connectivity index (χ2n) is 14.9. The lowest BCUT2D eigenvalue weighted by molar-refractivity contribution is 0.669. The van der Waals surface area contributed by atoms with Gasteiger partial charge in [0.2, 0.25) is 0 Å². The molecule has 0 saturated heterocycles. The third kappa shape index (κ3) is 4.88. The molecule has 0 saturated carbocycles. The van der Waals surface area contributed by atoms with Crippen molar-refractivity contribution in [1.82, 2.24) is 9.13 Å². The average molecular weight is 742 g/mol. The summed E-state index contributed by atoms with van der Waals surface area (Å²) in [4.78, 5) is 2.38. The molecule has 0 unspecified atom stereocenters. The maximum absolute atomic E-state index is 6.74. The van der Waals surface area contributed by atoms with Crippen LogP contribution in [-0.2, 0) is 0 Å². The molecule has 0 spiro atoms. The molecular weight excluding hydrogens is 707 g/mol. The lowest BCUT2D eigenvalue weighted by atomic mass is 10.0. The van der Waals surface area contributed by atoms with Gasteiger partial charge in [-0.05, 0) is 90.0 Å². The van der Waals surface area contributed by atoms with E-state index < -0.39 is 0 Å². The fourth-order valence-corrected chi connectivity index (χ4v) is 9.17. The van der Waals surface area contributed by atoms with Gasteiger partial charge in [0, 0.05) is 49.4 Å². The summed E-state index contributed by atoms with van der Waals surface area (Å²) in [6, 6.07) is 76.1. The predicted molar refractivity (Wildman–Crippen MR) is 243 cm³/mol. The topological polar surface area (TPSA) is 26.2 Å². The SMILES string of the molecule is c1ccc(-n2c3ccccc3c3ccc(-c4ccc(N(c5cccc6c5oc5ccccc56)c5cccc6c5c5ccccc5n6-c5ccccc5)cc4)cc32)cc1. The Balaban J connectivity index is 1.08. The molecule has 0 amide bonds. The van der Waals surface area contributed by atoms with Crippen LogP contribution >= 0.6 is 0 Å². The summed E-state index contributed by atoms with van der Waals surface area (Å²) in [5.41, 5.74) is 14.1. The standard InChI is InChI=1S/C54H35N3O/c1-3-15-38(16-4-1)55-47-24-11-8-21-45(47)53-48(55)25-14-26-49(53)57(50-27-13-22-44-43-20-9-12-28-52(43)58-54(44)50)40-32-29-36(30-33-40)37-31-34-42-41-19-7-10-23-46(41)56(51(42)35-37)39-17-5-2-6-18-39/h1-35H. The van der Waals surface area contributed by atoms with Crippen molar-refractivity contribution in [3.05, 3.63) is 212 Å². The van der Waals surface area contributed by atoms with Gasteiger partial charge in [0.25, 0.3) is 0 Å². The summed E-state index contributed by atoms with van der Waals surface area (Å²) in [5, 5.41) is 7.07. The van der Waals surface area contributed by atoms with E-state index in [1.165, 1.54) is 32.6 Å². The fourth-order valence-electron chi connectivity index (χ4n) is 9.17. The zero-order valence-corrected chi connectivity index (χ0v) is 31.5. The van der Waals surface area contributed by atoms with Gasteiger partial charge in [-0.3, -0.25) is 0 Å². The van der Waals surface area contributed by atoms with Crippen LogP contribution in [0.3, 0.4) is 0 Å². The van der Waals surface area contributed by atoms with Crippen molar-refractivity contribution < 1.29 is 4.42 Å². The quantitative estimate of drug-likeness (QED) is 0.170. The van der Waals surface area contributed by atoms with Crippen LogP contribution in [0.15, 0.2) is 217 Å². The van der Waals surface area contributed by atoms with Crippen LogP contribution in [0.2, 0.25) is 0 Å². The second-order valence-corrected chi connectivity index (χ2v) is 14.9. The van der Waals surface area contributed by atoms with E-state index in [0.29, 0.717) is 0 Å². The molecule has 0 radical (unpaired) electrons. The molecule has 0 bridgehead atoms. The Morgan fingerprint density at radius 2 is 0.879 bits per heavy atom. The van der Waals surface area contributed by atoms with Crippen molar-refractivity contribution in [3.63, 3.8) is 0 Å². The molecule has 4 nitrogen and oxygen atoms in total. The zero-order valence-electron chi connectivity index (χ0n) is 31.5. The molecule has 0 fully saturated rings. The average Bonchev–Trinajstić information content (AvgIpc) is 3.96. The van der Waals surface area contributed by atoms with Crippen LogP contribution in [0.5, 0.6) is 0 Å². The number of furan rings is 1. The van der Waals surface area contributed by atoms with Crippen molar-refractivity contribution in [2.75, 3.05) is 4.90 Å². The number of benzene rings is 9. The molecule has 9 aromatic carbocycles. The van der Waals surface area contributed by atoms with Crippen molar-refractivity contribution in [2.24, 2.45) is 0 Å². The van der Waals surface area contributed by atoms with E-state index in [9.17, 15) is 0 Å². The first kappa shape index (κ1) is 32.4. The fraction of sp³-hybridized carbons (Fsp3) is 0. The number of rotatable bonds is 6. The smallest absolute Gasteiger partial charge is 0.159 e. The predicted octanol–water partition coefficient (Wildman–Crippen LogP) is 14.9. The Hall–Kier alpha value is -7.82. The third-order valence-corrected chi connectivity index (χ3v) is 11.7. The molecular formula is C54H35N3O. The summed E-state index contributed by atoms with van der Waals surface area (Å²) in [6.45, 7) is 0. The summed E-state index contributed by atoms with van der Waals surface area (Å²) in [7, 11) is 0. The van der Waals surface area contributed by atoms with Crippen LogP contribution in [0.25, 0.3) is 88.1 Å². The number of fused-ring (bicyclic) bond motifs is 9. The largest absolute Gasteiger partial charge is 0.454 e. The number of hydrogen-bond acceptors (Lipinski definition) is 2. The van der Waals surface area contributed by atoms with Crippen molar-refractivity contribution in [2.45, 2.75) is 0 Å². The third-order valence-electron chi connectivity index (χ3n) is 11.7. The summed E-state index contributed by atoms with van der Waals surface area (Å²) >= 11 is 0. The van der Waals surface area contributed by atoms with Gasteiger partial charge < -0.3 is 18.5 Å². The maximum Gasteiger partial charge on any atom is 0.159 e. The Labute approximate surface area is 334 Å². The normalized spacial score (nSPS) is 11.8. The summed E-state index contributed by atoms with van der Waals surface area (Å²) < 4.78 is 11.5. The van der Waals surface area contributed by atoms with E-state index in [0.717, 1.165) is 72.5 Å². The number of hydrogen-bond donors (Lipinski definition) is 0. The highest BCUT2D eigenvalue weighted by molar-refractivity contribution is 6.18. The van der Waals surface area contributed by atoms with E-state index >= 15 is 0 Å². The van der Waals surface area contributed by atoms with E-state index in [-0.39, 0.29) is 0 Å². The highest BCUT2D eigenvalue weighted by Crippen LogP contribution is 2.47. The molecule has 4 heteroatoms. The molecule has 12 aromatic rings. The lowest BCUT2D eigenvalue weighted by Gasteiger charge is -2.27. The van der Waals surface area contributed by atoms with Gasteiger partial charge in [0.05, 0.1) is 33.4 Å². The van der Waals surface area contributed by atoms with Gasteiger partial charge in [-0.25, -0.2) is 0 Å². The van der Waals surface area contributed by atoms with Crippen molar-refractivity contribution >= 4 is 82.6 Å². The van der Waals surface area contributed by atoms with Crippen molar-refractivity contribution in [1.29, 1.82) is 0 Å². The second kappa shape index (κ2) is 12.9. The first-order valence-electron chi connectivity index (χ1n) is 19.8. The monoisotopic (exact) mass is 741 g/mol. The zero-order chi connectivity index (χ0) is 38.2.